The van der Waals surface area contributed by atoms with E-state index < -0.39 is 5.82 Å². The number of benzene rings is 2. The van der Waals surface area contributed by atoms with Gasteiger partial charge in [-0.1, -0.05) is 24.3 Å². The molecule has 3 heteroatoms. The zero-order valence-corrected chi connectivity index (χ0v) is 10.6. The van der Waals surface area contributed by atoms with Gasteiger partial charge >= 0.3 is 0 Å². The molecule has 3 rings (SSSR count). The molecule has 0 aliphatic heterocycles. The minimum absolute atomic E-state index is 0.316. The van der Waals surface area contributed by atoms with Crippen LogP contribution in [-0.4, -0.2) is 5.11 Å². The summed E-state index contributed by atoms with van der Waals surface area (Å²) in [6, 6.07) is 12.7. The van der Waals surface area contributed by atoms with Crippen LogP contribution in [0.25, 0.3) is 0 Å². The SMILES string of the molecule is Oc1ccc(NCc2ccccc2C2CC2)cc1F. The van der Waals surface area contributed by atoms with Gasteiger partial charge in [-0.2, -0.15) is 0 Å². The largest absolute Gasteiger partial charge is 0.505 e. The van der Waals surface area contributed by atoms with E-state index >= 15 is 0 Å². The van der Waals surface area contributed by atoms with E-state index in [1.54, 1.807) is 6.07 Å². The van der Waals surface area contributed by atoms with E-state index in [0.717, 1.165) is 0 Å². The number of nitrogens with one attached hydrogen (secondary N) is 1. The lowest BCUT2D eigenvalue weighted by Gasteiger charge is -2.11. The van der Waals surface area contributed by atoms with Gasteiger partial charge < -0.3 is 10.4 Å². The van der Waals surface area contributed by atoms with E-state index in [1.165, 1.54) is 36.1 Å². The van der Waals surface area contributed by atoms with Gasteiger partial charge in [-0.05, 0) is 42.0 Å². The molecule has 0 saturated heterocycles. The Morgan fingerprint density at radius 1 is 1.16 bits per heavy atom. The van der Waals surface area contributed by atoms with Crippen LogP contribution in [0.3, 0.4) is 0 Å². The van der Waals surface area contributed by atoms with Gasteiger partial charge in [0, 0.05) is 18.3 Å². The maximum Gasteiger partial charge on any atom is 0.166 e. The van der Waals surface area contributed by atoms with Crippen molar-refractivity contribution in [3.8, 4) is 5.75 Å². The van der Waals surface area contributed by atoms with Gasteiger partial charge in [0.05, 0.1) is 0 Å². The first-order chi connectivity index (χ1) is 9.24. The number of hydrogen-bond acceptors (Lipinski definition) is 2. The fourth-order valence-corrected chi connectivity index (χ4v) is 2.30. The van der Waals surface area contributed by atoms with Crippen LogP contribution in [0.1, 0.15) is 29.9 Å². The second kappa shape index (κ2) is 4.92. The quantitative estimate of drug-likeness (QED) is 0.811. The zero-order chi connectivity index (χ0) is 13.2. The molecule has 0 aromatic heterocycles. The Hall–Kier alpha value is -2.03. The average Bonchev–Trinajstić information content (AvgIpc) is 3.25. The molecule has 0 unspecified atom stereocenters. The third-order valence-corrected chi connectivity index (χ3v) is 3.50. The summed E-state index contributed by atoms with van der Waals surface area (Å²) in [6.45, 7) is 0.677. The Morgan fingerprint density at radius 2 is 1.95 bits per heavy atom. The van der Waals surface area contributed by atoms with Gasteiger partial charge in [0.25, 0.3) is 0 Å². The molecule has 1 aliphatic carbocycles. The Kier molecular flexibility index (Phi) is 3.11. The van der Waals surface area contributed by atoms with Crippen LogP contribution in [0.5, 0.6) is 5.75 Å². The summed E-state index contributed by atoms with van der Waals surface area (Å²) in [5.41, 5.74) is 3.34. The van der Waals surface area contributed by atoms with Gasteiger partial charge in [-0.25, -0.2) is 4.39 Å². The fourth-order valence-electron chi connectivity index (χ4n) is 2.30. The smallest absolute Gasteiger partial charge is 0.166 e. The molecule has 2 aromatic carbocycles. The van der Waals surface area contributed by atoms with Crippen LogP contribution in [-0.2, 0) is 6.54 Å². The summed E-state index contributed by atoms with van der Waals surface area (Å²) in [7, 11) is 0. The second-order valence-corrected chi connectivity index (χ2v) is 4.99. The Balaban J connectivity index is 1.73. The highest BCUT2D eigenvalue weighted by molar-refractivity contribution is 5.48. The molecule has 0 radical (unpaired) electrons. The molecule has 19 heavy (non-hydrogen) atoms. The number of aromatic hydroxyl groups is 1. The van der Waals surface area contributed by atoms with Gasteiger partial charge in [0.1, 0.15) is 0 Å². The predicted octanol–water partition coefficient (Wildman–Crippen LogP) is 4.02. The van der Waals surface area contributed by atoms with Crippen molar-refractivity contribution in [3.05, 3.63) is 59.4 Å². The Labute approximate surface area is 111 Å². The summed E-state index contributed by atoms with van der Waals surface area (Å²) in [5, 5.41) is 12.4. The lowest BCUT2D eigenvalue weighted by Crippen LogP contribution is -2.02. The summed E-state index contributed by atoms with van der Waals surface area (Å²) in [6.07, 6.45) is 2.54. The summed E-state index contributed by atoms with van der Waals surface area (Å²) in [4.78, 5) is 0. The maximum atomic E-state index is 13.2. The van der Waals surface area contributed by atoms with Gasteiger partial charge in [-0.15, -0.1) is 0 Å². The summed E-state index contributed by atoms with van der Waals surface area (Å²) < 4.78 is 13.2. The molecule has 1 aliphatic rings. The molecule has 0 bridgehead atoms. The molecule has 98 valence electrons. The molecule has 1 fully saturated rings. The van der Waals surface area contributed by atoms with E-state index in [4.69, 9.17) is 5.11 Å². The third kappa shape index (κ3) is 2.70. The zero-order valence-electron chi connectivity index (χ0n) is 10.6. The van der Waals surface area contributed by atoms with Crippen molar-refractivity contribution < 1.29 is 9.50 Å². The number of rotatable bonds is 4. The highest BCUT2D eigenvalue weighted by Gasteiger charge is 2.25. The van der Waals surface area contributed by atoms with Crippen LogP contribution in [0.2, 0.25) is 0 Å². The molecule has 0 heterocycles. The normalized spacial score (nSPS) is 14.4. The van der Waals surface area contributed by atoms with Gasteiger partial charge in [0.2, 0.25) is 0 Å². The monoisotopic (exact) mass is 257 g/mol. The standard InChI is InChI=1S/C16H16FNO/c17-15-9-13(7-8-16(15)19)18-10-12-3-1-2-4-14(12)11-5-6-11/h1-4,7-9,11,18-19H,5-6,10H2. The van der Waals surface area contributed by atoms with E-state index in [2.05, 4.69) is 23.5 Å². The number of hydrogen-bond donors (Lipinski definition) is 2. The topological polar surface area (TPSA) is 32.3 Å². The first-order valence-electron chi connectivity index (χ1n) is 6.54. The van der Waals surface area contributed by atoms with Crippen molar-refractivity contribution >= 4 is 5.69 Å². The highest BCUT2D eigenvalue weighted by Crippen LogP contribution is 2.41. The van der Waals surface area contributed by atoms with Crippen molar-refractivity contribution in [1.29, 1.82) is 0 Å². The number of halogens is 1. The first kappa shape index (κ1) is 12.0. The Bertz CT molecular complexity index is 593. The maximum absolute atomic E-state index is 13.2. The highest BCUT2D eigenvalue weighted by atomic mass is 19.1. The predicted molar refractivity (Wildman–Crippen MR) is 73.8 cm³/mol. The van der Waals surface area contributed by atoms with Crippen LogP contribution in [0.15, 0.2) is 42.5 Å². The van der Waals surface area contributed by atoms with Crippen molar-refractivity contribution in [1.82, 2.24) is 0 Å². The van der Waals surface area contributed by atoms with Gasteiger partial charge in [0.15, 0.2) is 11.6 Å². The Morgan fingerprint density at radius 3 is 2.68 bits per heavy atom. The molecule has 2 N–H and O–H groups in total. The minimum Gasteiger partial charge on any atom is -0.505 e. The van der Waals surface area contributed by atoms with Crippen LogP contribution >= 0.6 is 0 Å². The van der Waals surface area contributed by atoms with Crippen LogP contribution in [0.4, 0.5) is 10.1 Å². The van der Waals surface area contributed by atoms with E-state index in [0.29, 0.717) is 18.2 Å². The summed E-state index contributed by atoms with van der Waals surface area (Å²) >= 11 is 0. The molecule has 2 nitrogen and oxygen atoms in total. The first-order valence-corrected chi connectivity index (χ1v) is 6.54. The van der Waals surface area contributed by atoms with Crippen LogP contribution < -0.4 is 5.32 Å². The van der Waals surface area contributed by atoms with E-state index in [9.17, 15) is 4.39 Å². The van der Waals surface area contributed by atoms with Crippen molar-refractivity contribution in [2.24, 2.45) is 0 Å². The van der Waals surface area contributed by atoms with Gasteiger partial charge in [-0.3, -0.25) is 0 Å². The molecule has 0 atom stereocenters. The number of phenols is 1. The number of phenolic OH excluding ortho intramolecular Hbond substituents is 1. The molecular weight excluding hydrogens is 241 g/mol. The molecule has 2 aromatic rings. The molecule has 0 spiro atoms. The molecular formula is C16H16FNO. The fraction of sp³-hybridized carbons (Fsp3) is 0.250. The average molecular weight is 257 g/mol. The third-order valence-electron chi connectivity index (χ3n) is 3.50. The van der Waals surface area contributed by atoms with Crippen LogP contribution in [0, 0.1) is 5.82 Å². The lowest BCUT2D eigenvalue weighted by atomic mass is 10.0. The number of anilines is 1. The minimum atomic E-state index is -0.597. The molecule has 1 saturated carbocycles. The van der Waals surface area contributed by atoms with Crippen molar-refractivity contribution in [3.63, 3.8) is 0 Å². The lowest BCUT2D eigenvalue weighted by molar-refractivity contribution is 0.432. The van der Waals surface area contributed by atoms with E-state index in [1.807, 2.05) is 6.07 Å². The van der Waals surface area contributed by atoms with Crippen molar-refractivity contribution in [2.75, 3.05) is 5.32 Å². The molecule has 0 amide bonds. The van der Waals surface area contributed by atoms with Crippen molar-refractivity contribution in [2.45, 2.75) is 25.3 Å². The second-order valence-electron chi connectivity index (χ2n) is 4.99. The summed E-state index contributed by atoms with van der Waals surface area (Å²) in [5.74, 6) is -0.209. The van der Waals surface area contributed by atoms with E-state index in [-0.39, 0.29) is 5.75 Å².